The van der Waals surface area contributed by atoms with Crippen LogP contribution in [-0.4, -0.2) is 35.7 Å². The highest BCUT2D eigenvalue weighted by molar-refractivity contribution is 5.89. The van der Waals surface area contributed by atoms with E-state index >= 15 is 0 Å². The first-order valence-electron chi connectivity index (χ1n) is 6.90. The molecular formula is C15H18N2O3. The quantitative estimate of drug-likeness (QED) is 0.804. The van der Waals surface area contributed by atoms with Crippen molar-refractivity contribution < 1.29 is 14.3 Å². The minimum atomic E-state index is -0.326. The van der Waals surface area contributed by atoms with Crippen LogP contribution in [0.25, 0.3) is 5.52 Å². The summed E-state index contributed by atoms with van der Waals surface area (Å²) in [5, 5.41) is 0. The summed E-state index contributed by atoms with van der Waals surface area (Å²) in [6, 6.07) is 3.65. The van der Waals surface area contributed by atoms with Gasteiger partial charge in [0, 0.05) is 25.8 Å². The lowest BCUT2D eigenvalue weighted by Crippen LogP contribution is -2.20. The van der Waals surface area contributed by atoms with Crippen molar-refractivity contribution in [3.63, 3.8) is 0 Å². The molecule has 1 atom stereocenters. The zero-order valence-electron chi connectivity index (χ0n) is 11.5. The number of carbonyl (C=O) groups is 1. The van der Waals surface area contributed by atoms with E-state index in [2.05, 4.69) is 4.98 Å². The average Bonchev–Trinajstić information content (AvgIpc) is 2.90. The van der Waals surface area contributed by atoms with Gasteiger partial charge in [0.05, 0.1) is 24.4 Å². The van der Waals surface area contributed by atoms with E-state index < -0.39 is 0 Å². The molecule has 3 rings (SSSR count). The lowest BCUT2D eigenvalue weighted by atomic mass is 9.98. The highest BCUT2D eigenvalue weighted by Gasteiger charge is 2.17. The van der Waals surface area contributed by atoms with Gasteiger partial charge >= 0.3 is 5.97 Å². The van der Waals surface area contributed by atoms with Crippen molar-refractivity contribution in [2.45, 2.75) is 19.3 Å². The number of methoxy groups -OCH3 is 1. The summed E-state index contributed by atoms with van der Waals surface area (Å²) >= 11 is 0. The van der Waals surface area contributed by atoms with Crippen LogP contribution in [0.2, 0.25) is 0 Å². The number of hydrogen-bond acceptors (Lipinski definition) is 4. The third-order valence-corrected chi connectivity index (χ3v) is 3.75. The second-order valence-electron chi connectivity index (χ2n) is 5.17. The van der Waals surface area contributed by atoms with Gasteiger partial charge in [-0.3, -0.25) is 0 Å². The fraction of sp³-hybridized carbons (Fsp3) is 0.467. The van der Waals surface area contributed by atoms with E-state index in [0.29, 0.717) is 11.5 Å². The predicted octanol–water partition coefficient (Wildman–Crippen LogP) is 2.09. The van der Waals surface area contributed by atoms with Crippen molar-refractivity contribution in [1.82, 2.24) is 9.38 Å². The van der Waals surface area contributed by atoms with Gasteiger partial charge in [0.25, 0.3) is 0 Å². The summed E-state index contributed by atoms with van der Waals surface area (Å²) in [7, 11) is 1.39. The number of rotatable bonds is 3. The number of aromatic nitrogens is 2. The Balaban J connectivity index is 1.88. The Morgan fingerprint density at radius 1 is 1.55 bits per heavy atom. The molecule has 106 valence electrons. The van der Waals surface area contributed by atoms with Gasteiger partial charge in [0.1, 0.15) is 5.82 Å². The molecule has 0 amide bonds. The molecule has 0 saturated carbocycles. The molecule has 1 unspecified atom stereocenters. The number of nitrogens with zero attached hydrogens (tertiary/aromatic N) is 2. The monoisotopic (exact) mass is 274 g/mol. The van der Waals surface area contributed by atoms with Crippen LogP contribution in [0.15, 0.2) is 24.5 Å². The molecule has 1 fully saturated rings. The number of carbonyl (C=O) groups excluding carboxylic acids is 1. The maximum atomic E-state index is 11.6. The summed E-state index contributed by atoms with van der Waals surface area (Å²) in [5.74, 6) is 1.16. The number of imidazole rings is 1. The molecule has 0 N–H and O–H groups in total. The number of fused-ring (bicyclic) bond motifs is 1. The maximum Gasteiger partial charge on any atom is 0.339 e. The number of pyridine rings is 1. The lowest BCUT2D eigenvalue weighted by molar-refractivity contribution is 0.0542. The smallest absolute Gasteiger partial charge is 0.339 e. The van der Waals surface area contributed by atoms with Gasteiger partial charge in [-0.15, -0.1) is 0 Å². The average molecular weight is 274 g/mol. The van der Waals surface area contributed by atoms with E-state index in [1.54, 1.807) is 12.3 Å². The first-order valence-corrected chi connectivity index (χ1v) is 6.90. The van der Waals surface area contributed by atoms with Crippen LogP contribution in [-0.2, 0) is 15.9 Å². The van der Waals surface area contributed by atoms with Crippen LogP contribution in [0.3, 0.4) is 0 Å². The fourth-order valence-electron chi connectivity index (χ4n) is 2.66. The molecule has 5 heteroatoms. The van der Waals surface area contributed by atoms with Gasteiger partial charge in [-0.2, -0.15) is 0 Å². The van der Waals surface area contributed by atoms with Crippen molar-refractivity contribution in [2.75, 3.05) is 20.3 Å². The standard InChI is InChI=1S/C15H18N2O3/c1-19-15(18)12-4-5-13-8-16-14(17(13)9-12)7-11-3-2-6-20-10-11/h4-5,8-9,11H,2-3,6-7,10H2,1H3. The minimum Gasteiger partial charge on any atom is -0.465 e. The predicted molar refractivity (Wildman–Crippen MR) is 73.8 cm³/mol. The molecule has 0 bridgehead atoms. The second-order valence-corrected chi connectivity index (χ2v) is 5.17. The van der Waals surface area contributed by atoms with E-state index in [1.165, 1.54) is 13.5 Å². The second kappa shape index (κ2) is 5.63. The Labute approximate surface area is 117 Å². The topological polar surface area (TPSA) is 52.8 Å². The van der Waals surface area contributed by atoms with Crippen LogP contribution in [0.1, 0.15) is 29.0 Å². The maximum absolute atomic E-state index is 11.6. The zero-order valence-corrected chi connectivity index (χ0v) is 11.5. The van der Waals surface area contributed by atoms with E-state index in [0.717, 1.165) is 37.4 Å². The highest BCUT2D eigenvalue weighted by Crippen LogP contribution is 2.19. The normalized spacial score (nSPS) is 19.1. The van der Waals surface area contributed by atoms with Crippen molar-refractivity contribution in [2.24, 2.45) is 5.92 Å². The van der Waals surface area contributed by atoms with Gasteiger partial charge in [-0.25, -0.2) is 9.78 Å². The van der Waals surface area contributed by atoms with Crippen LogP contribution in [0, 0.1) is 5.92 Å². The van der Waals surface area contributed by atoms with Crippen LogP contribution in [0.4, 0.5) is 0 Å². The lowest BCUT2D eigenvalue weighted by Gasteiger charge is -2.21. The van der Waals surface area contributed by atoms with Crippen LogP contribution < -0.4 is 0 Å². The number of esters is 1. The Hall–Kier alpha value is -1.88. The van der Waals surface area contributed by atoms with Gasteiger partial charge in [0.2, 0.25) is 0 Å². The fourth-order valence-corrected chi connectivity index (χ4v) is 2.66. The highest BCUT2D eigenvalue weighted by atomic mass is 16.5. The minimum absolute atomic E-state index is 0.326. The van der Waals surface area contributed by atoms with E-state index in [-0.39, 0.29) is 5.97 Å². The van der Waals surface area contributed by atoms with E-state index in [1.807, 2.05) is 16.7 Å². The Morgan fingerprint density at radius 2 is 2.45 bits per heavy atom. The Morgan fingerprint density at radius 3 is 3.20 bits per heavy atom. The van der Waals surface area contributed by atoms with Crippen LogP contribution in [0.5, 0.6) is 0 Å². The molecule has 0 aliphatic carbocycles. The molecular weight excluding hydrogens is 256 g/mol. The molecule has 1 aliphatic heterocycles. The van der Waals surface area contributed by atoms with Gasteiger partial charge < -0.3 is 13.9 Å². The van der Waals surface area contributed by atoms with E-state index in [9.17, 15) is 4.79 Å². The molecule has 1 saturated heterocycles. The van der Waals surface area contributed by atoms with Gasteiger partial charge in [-0.1, -0.05) is 0 Å². The molecule has 2 aromatic heterocycles. The molecule has 1 aliphatic rings. The molecule has 20 heavy (non-hydrogen) atoms. The summed E-state index contributed by atoms with van der Waals surface area (Å²) in [5.41, 5.74) is 1.53. The first-order chi connectivity index (χ1) is 9.78. The van der Waals surface area contributed by atoms with E-state index in [4.69, 9.17) is 9.47 Å². The van der Waals surface area contributed by atoms with Crippen molar-refractivity contribution in [1.29, 1.82) is 0 Å². The third-order valence-electron chi connectivity index (χ3n) is 3.75. The van der Waals surface area contributed by atoms with Crippen molar-refractivity contribution in [3.8, 4) is 0 Å². The summed E-state index contributed by atoms with van der Waals surface area (Å²) < 4.78 is 12.2. The Bertz CT molecular complexity index is 615. The molecule has 2 aromatic rings. The van der Waals surface area contributed by atoms with Crippen molar-refractivity contribution in [3.05, 3.63) is 35.9 Å². The Kier molecular flexibility index (Phi) is 3.69. The van der Waals surface area contributed by atoms with Gasteiger partial charge in [-0.05, 0) is 30.9 Å². The third kappa shape index (κ3) is 2.54. The first kappa shape index (κ1) is 13.1. The zero-order chi connectivity index (χ0) is 13.9. The SMILES string of the molecule is COC(=O)c1ccc2cnc(CC3CCCOC3)n2c1. The summed E-state index contributed by atoms with van der Waals surface area (Å²) in [4.78, 5) is 16.1. The van der Waals surface area contributed by atoms with Crippen molar-refractivity contribution >= 4 is 11.5 Å². The molecule has 0 spiro atoms. The van der Waals surface area contributed by atoms with Gasteiger partial charge in [0.15, 0.2) is 0 Å². The summed E-state index contributed by atoms with van der Waals surface area (Å²) in [6.45, 7) is 1.66. The number of ether oxygens (including phenoxy) is 2. The summed E-state index contributed by atoms with van der Waals surface area (Å²) in [6.07, 6.45) is 6.79. The van der Waals surface area contributed by atoms with Crippen LogP contribution >= 0.6 is 0 Å². The largest absolute Gasteiger partial charge is 0.465 e. The number of hydrogen-bond donors (Lipinski definition) is 0. The molecule has 5 nitrogen and oxygen atoms in total. The molecule has 0 radical (unpaired) electrons. The molecule has 3 heterocycles. The molecule has 0 aromatic carbocycles.